The van der Waals surface area contributed by atoms with Crippen molar-refractivity contribution in [1.82, 2.24) is 9.80 Å². The van der Waals surface area contributed by atoms with Crippen LogP contribution in [0.4, 0.5) is 0 Å². The highest BCUT2D eigenvalue weighted by atomic mass is 16.5. The van der Waals surface area contributed by atoms with E-state index < -0.39 is 0 Å². The Morgan fingerprint density at radius 1 is 1.44 bits per heavy atom. The minimum Gasteiger partial charge on any atom is -0.501 e. The van der Waals surface area contributed by atoms with Gasteiger partial charge in [0.15, 0.2) is 0 Å². The summed E-state index contributed by atoms with van der Waals surface area (Å²) >= 11 is 0. The van der Waals surface area contributed by atoms with Gasteiger partial charge in [0.05, 0.1) is 12.9 Å². The molecule has 0 saturated carbocycles. The fourth-order valence-corrected chi connectivity index (χ4v) is 2.51. The highest BCUT2D eigenvalue weighted by molar-refractivity contribution is 5.13. The molecule has 4 heteroatoms. The van der Waals surface area contributed by atoms with Crippen LogP contribution in [-0.4, -0.2) is 62.2 Å². The van der Waals surface area contributed by atoms with Gasteiger partial charge in [0.2, 0.25) is 0 Å². The van der Waals surface area contributed by atoms with Gasteiger partial charge in [-0.25, -0.2) is 0 Å². The number of rotatable bonds is 2. The highest BCUT2D eigenvalue weighted by Gasteiger charge is 2.30. The molecule has 2 unspecified atom stereocenters. The van der Waals surface area contributed by atoms with Crippen molar-refractivity contribution in [2.75, 3.05) is 40.3 Å². The normalized spacial score (nSPS) is 30.7. The average Bonchev–Trinajstić information content (AvgIpc) is 2.32. The lowest BCUT2D eigenvalue weighted by Gasteiger charge is -2.41. The van der Waals surface area contributed by atoms with Crippen molar-refractivity contribution >= 4 is 0 Å². The Labute approximate surface area is 98.0 Å². The molecule has 0 aliphatic carbocycles. The molecule has 2 aliphatic heterocycles. The molecule has 4 nitrogen and oxygen atoms in total. The first-order valence-corrected chi connectivity index (χ1v) is 6.13. The van der Waals surface area contributed by atoms with Crippen molar-refractivity contribution in [2.24, 2.45) is 5.73 Å². The zero-order valence-electron chi connectivity index (χ0n) is 10.4. The Kier molecular flexibility index (Phi) is 3.84. The summed E-state index contributed by atoms with van der Waals surface area (Å²) in [5, 5.41) is 0. The van der Waals surface area contributed by atoms with Crippen LogP contribution in [-0.2, 0) is 4.74 Å². The van der Waals surface area contributed by atoms with Crippen molar-refractivity contribution in [3.05, 3.63) is 11.8 Å². The van der Waals surface area contributed by atoms with E-state index >= 15 is 0 Å². The lowest BCUT2D eigenvalue weighted by molar-refractivity contribution is 0.101. The lowest BCUT2D eigenvalue weighted by atomic mass is 9.94. The van der Waals surface area contributed by atoms with E-state index in [0.29, 0.717) is 6.04 Å². The summed E-state index contributed by atoms with van der Waals surface area (Å²) < 4.78 is 5.38. The molecule has 2 heterocycles. The predicted octanol–water partition coefficient (Wildman–Crippen LogP) is 0.254. The van der Waals surface area contributed by atoms with Crippen LogP contribution in [0.2, 0.25) is 0 Å². The van der Waals surface area contributed by atoms with Gasteiger partial charge in [-0.05, 0) is 32.5 Å². The smallest absolute Gasteiger partial charge is 0.0876 e. The standard InChI is InChI=1S/C12H23N3O/c1-14-5-6-15(2)11(8-14)12(13)10-4-3-7-16-9-10/h9,11-12H,3-8,13H2,1-2H3. The van der Waals surface area contributed by atoms with Crippen molar-refractivity contribution in [2.45, 2.75) is 24.9 Å². The molecule has 16 heavy (non-hydrogen) atoms. The van der Waals surface area contributed by atoms with Crippen LogP contribution in [0, 0.1) is 0 Å². The molecule has 0 spiro atoms. The zero-order valence-corrected chi connectivity index (χ0v) is 10.4. The van der Waals surface area contributed by atoms with Gasteiger partial charge in [-0.15, -0.1) is 0 Å². The third kappa shape index (κ3) is 2.56. The Bertz CT molecular complexity index is 267. The summed E-state index contributed by atoms with van der Waals surface area (Å²) in [4.78, 5) is 4.73. The molecule has 0 amide bonds. The Hall–Kier alpha value is -0.580. The van der Waals surface area contributed by atoms with E-state index in [-0.39, 0.29) is 6.04 Å². The summed E-state index contributed by atoms with van der Waals surface area (Å²) in [6, 6.07) is 0.541. The van der Waals surface area contributed by atoms with Crippen molar-refractivity contribution in [3.63, 3.8) is 0 Å². The van der Waals surface area contributed by atoms with Crippen LogP contribution in [0.5, 0.6) is 0 Å². The quantitative estimate of drug-likeness (QED) is 0.732. The molecule has 1 saturated heterocycles. The second-order valence-corrected chi connectivity index (χ2v) is 5.00. The van der Waals surface area contributed by atoms with Crippen LogP contribution in [0.15, 0.2) is 11.8 Å². The van der Waals surface area contributed by atoms with Crippen LogP contribution in [0.3, 0.4) is 0 Å². The van der Waals surface area contributed by atoms with E-state index in [1.165, 1.54) is 5.57 Å². The monoisotopic (exact) mass is 225 g/mol. The van der Waals surface area contributed by atoms with Crippen molar-refractivity contribution < 1.29 is 4.74 Å². The van der Waals surface area contributed by atoms with Crippen LogP contribution < -0.4 is 5.73 Å². The molecule has 0 radical (unpaired) electrons. The summed E-state index contributed by atoms with van der Waals surface area (Å²) in [7, 11) is 4.33. The molecule has 92 valence electrons. The maximum absolute atomic E-state index is 6.36. The van der Waals surface area contributed by atoms with Crippen LogP contribution >= 0.6 is 0 Å². The van der Waals surface area contributed by atoms with Crippen molar-refractivity contribution in [3.8, 4) is 0 Å². The number of nitrogens with two attached hydrogens (primary N) is 1. The number of piperazine rings is 1. The molecule has 2 aliphatic rings. The second kappa shape index (κ2) is 5.17. The maximum atomic E-state index is 6.36. The summed E-state index contributed by atoms with van der Waals surface area (Å²) in [5.41, 5.74) is 7.64. The largest absolute Gasteiger partial charge is 0.501 e. The van der Waals surface area contributed by atoms with Crippen molar-refractivity contribution in [1.29, 1.82) is 0 Å². The van der Waals surface area contributed by atoms with Gasteiger partial charge < -0.3 is 15.4 Å². The van der Waals surface area contributed by atoms with Gasteiger partial charge >= 0.3 is 0 Å². The Balaban J connectivity index is 2.01. The van der Waals surface area contributed by atoms with Gasteiger partial charge in [-0.2, -0.15) is 0 Å². The summed E-state index contributed by atoms with van der Waals surface area (Å²) in [6.07, 6.45) is 4.08. The summed E-state index contributed by atoms with van der Waals surface area (Å²) in [6.45, 7) is 4.13. The number of hydrogen-bond acceptors (Lipinski definition) is 4. The Morgan fingerprint density at radius 3 is 2.94 bits per heavy atom. The fraction of sp³-hybridized carbons (Fsp3) is 0.833. The number of likely N-dealkylation sites (N-methyl/N-ethyl adjacent to an activating group) is 2. The zero-order chi connectivity index (χ0) is 11.5. The first-order valence-electron chi connectivity index (χ1n) is 6.13. The molecule has 2 N–H and O–H groups in total. The van der Waals surface area contributed by atoms with E-state index in [4.69, 9.17) is 10.5 Å². The first-order chi connectivity index (χ1) is 7.68. The third-order valence-corrected chi connectivity index (χ3v) is 3.70. The molecule has 2 rings (SSSR count). The Morgan fingerprint density at radius 2 is 2.25 bits per heavy atom. The molecule has 0 aromatic heterocycles. The van der Waals surface area contributed by atoms with Gasteiger partial charge in [-0.1, -0.05) is 0 Å². The van der Waals surface area contributed by atoms with E-state index in [2.05, 4.69) is 23.9 Å². The SMILES string of the molecule is CN1CCN(C)C(C(N)C2=COCCC2)C1. The van der Waals surface area contributed by atoms with Crippen LogP contribution in [0.25, 0.3) is 0 Å². The first kappa shape index (κ1) is 11.9. The third-order valence-electron chi connectivity index (χ3n) is 3.70. The molecule has 1 fully saturated rings. The molecular formula is C12H23N3O. The van der Waals surface area contributed by atoms with Gasteiger partial charge in [0.25, 0.3) is 0 Å². The predicted molar refractivity (Wildman–Crippen MR) is 65.2 cm³/mol. The highest BCUT2D eigenvalue weighted by Crippen LogP contribution is 2.20. The number of nitrogens with zero attached hydrogens (tertiary/aromatic N) is 2. The van der Waals surface area contributed by atoms with E-state index in [1.807, 2.05) is 6.26 Å². The van der Waals surface area contributed by atoms with E-state index in [0.717, 1.165) is 39.1 Å². The second-order valence-electron chi connectivity index (χ2n) is 5.00. The minimum absolute atomic E-state index is 0.119. The average molecular weight is 225 g/mol. The van der Waals surface area contributed by atoms with Gasteiger partial charge in [-0.3, -0.25) is 4.90 Å². The van der Waals surface area contributed by atoms with Gasteiger partial charge in [0.1, 0.15) is 0 Å². The van der Waals surface area contributed by atoms with E-state index in [1.54, 1.807) is 0 Å². The van der Waals surface area contributed by atoms with Gasteiger partial charge in [0, 0.05) is 31.7 Å². The molecule has 0 aromatic rings. The summed E-state index contributed by atoms with van der Waals surface area (Å²) in [5.74, 6) is 0. The molecular weight excluding hydrogens is 202 g/mol. The number of ether oxygens (including phenoxy) is 1. The number of hydrogen-bond donors (Lipinski definition) is 1. The fourth-order valence-electron chi connectivity index (χ4n) is 2.51. The van der Waals surface area contributed by atoms with Crippen LogP contribution in [0.1, 0.15) is 12.8 Å². The maximum Gasteiger partial charge on any atom is 0.0876 e. The topological polar surface area (TPSA) is 41.7 Å². The molecule has 2 atom stereocenters. The van der Waals surface area contributed by atoms with E-state index in [9.17, 15) is 0 Å². The lowest BCUT2D eigenvalue weighted by Crippen LogP contribution is -2.58. The molecule has 0 bridgehead atoms. The minimum atomic E-state index is 0.119. The molecule has 0 aromatic carbocycles.